The Bertz CT molecular complexity index is 147. The molecule has 0 unspecified atom stereocenters. The Morgan fingerprint density at radius 3 is 2.91 bits per heavy atom. The van der Waals surface area contributed by atoms with E-state index in [-0.39, 0.29) is 18.0 Å². The van der Waals surface area contributed by atoms with Gasteiger partial charge in [-0.3, -0.25) is 4.79 Å². The number of rotatable bonds is 2. The molecule has 0 radical (unpaired) electrons. The maximum absolute atomic E-state index is 11.2. The minimum absolute atomic E-state index is 0.0520. The zero-order valence-corrected chi connectivity index (χ0v) is 7.18. The molecule has 2 atom stereocenters. The highest BCUT2D eigenvalue weighted by Gasteiger charge is 2.23. The predicted molar refractivity (Wildman–Crippen MR) is 44.3 cm³/mol. The van der Waals surface area contributed by atoms with E-state index in [0.717, 1.165) is 19.4 Å². The van der Waals surface area contributed by atoms with Crippen LogP contribution in [0, 0.1) is 0 Å². The number of nitrogens with one attached hydrogen (secondary N) is 2. The lowest BCUT2D eigenvalue weighted by Gasteiger charge is -2.27. The smallest absolute Gasteiger partial charge is 0.237 e. The fraction of sp³-hybridized carbons (Fsp3) is 0.875. The van der Waals surface area contributed by atoms with Crippen molar-refractivity contribution in [1.29, 1.82) is 0 Å². The number of hydrogen-bond acceptors (Lipinski definition) is 2. The summed E-state index contributed by atoms with van der Waals surface area (Å²) in [4.78, 5) is 11.2. The Balaban J connectivity index is 2.38. The molecule has 2 N–H and O–H groups in total. The minimum atomic E-state index is 0.0520. The van der Waals surface area contributed by atoms with Crippen molar-refractivity contribution in [3.8, 4) is 0 Å². The molecule has 0 aromatic heterocycles. The van der Waals surface area contributed by atoms with Crippen LogP contribution in [-0.2, 0) is 4.79 Å². The van der Waals surface area contributed by atoms with Gasteiger partial charge < -0.3 is 10.6 Å². The normalized spacial score (nSPS) is 31.6. The summed E-state index contributed by atoms with van der Waals surface area (Å²) in [5.41, 5.74) is 0. The second-order valence-corrected chi connectivity index (χ2v) is 3.16. The van der Waals surface area contributed by atoms with Crippen LogP contribution in [0.25, 0.3) is 0 Å². The number of hydrogen-bond donors (Lipinski definition) is 2. The van der Waals surface area contributed by atoms with Gasteiger partial charge in [-0.15, -0.1) is 0 Å². The number of carbonyl (C=O) groups is 1. The zero-order chi connectivity index (χ0) is 8.27. The van der Waals surface area contributed by atoms with Crippen molar-refractivity contribution in [3.63, 3.8) is 0 Å². The van der Waals surface area contributed by atoms with E-state index in [1.54, 1.807) is 0 Å². The third kappa shape index (κ3) is 2.19. The number of piperazine rings is 1. The third-order valence-electron chi connectivity index (χ3n) is 1.95. The highest BCUT2D eigenvalue weighted by atomic mass is 16.2. The molecule has 0 aromatic carbocycles. The van der Waals surface area contributed by atoms with Gasteiger partial charge in [-0.2, -0.15) is 0 Å². The Labute approximate surface area is 67.5 Å². The predicted octanol–water partition coefficient (Wildman–Crippen LogP) is 0.263. The van der Waals surface area contributed by atoms with Crippen LogP contribution in [0.15, 0.2) is 0 Å². The summed E-state index contributed by atoms with van der Waals surface area (Å²) in [5.74, 6) is 0.158. The molecule has 1 rings (SSSR count). The molecule has 64 valence electrons. The lowest BCUT2D eigenvalue weighted by molar-refractivity contribution is -0.125. The van der Waals surface area contributed by atoms with Crippen LogP contribution in [0.3, 0.4) is 0 Å². The van der Waals surface area contributed by atoms with Crippen molar-refractivity contribution in [2.24, 2.45) is 0 Å². The van der Waals surface area contributed by atoms with E-state index in [1.807, 2.05) is 6.92 Å². The summed E-state index contributed by atoms with van der Waals surface area (Å²) in [7, 11) is 0. The van der Waals surface area contributed by atoms with Gasteiger partial charge in [-0.1, -0.05) is 13.3 Å². The molecule has 1 saturated heterocycles. The first-order valence-corrected chi connectivity index (χ1v) is 4.27. The number of carbonyl (C=O) groups excluding carboxylic acids is 1. The molecule has 1 aliphatic rings. The molecule has 1 heterocycles. The quantitative estimate of drug-likeness (QED) is 0.602. The van der Waals surface area contributed by atoms with Crippen molar-refractivity contribution in [3.05, 3.63) is 0 Å². The molecule has 0 aromatic rings. The van der Waals surface area contributed by atoms with Crippen molar-refractivity contribution >= 4 is 5.91 Å². The topological polar surface area (TPSA) is 41.1 Å². The van der Waals surface area contributed by atoms with E-state index in [4.69, 9.17) is 0 Å². The van der Waals surface area contributed by atoms with E-state index in [1.165, 1.54) is 0 Å². The summed E-state index contributed by atoms with van der Waals surface area (Å²) >= 11 is 0. The van der Waals surface area contributed by atoms with Gasteiger partial charge in [0.2, 0.25) is 5.91 Å². The first kappa shape index (κ1) is 8.53. The van der Waals surface area contributed by atoms with Gasteiger partial charge in [0.1, 0.15) is 0 Å². The van der Waals surface area contributed by atoms with Crippen LogP contribution in [0.2, 0.25) is 0 Å². The summed E-state index contributed by atoms with van der Waals surface area (Å²) < 4.78 is 0. The maximum atomic E-state index is 11.2. The van der Waals surface area contributed by atoms with Gasteiger partial charge in [-0.25, -0.2) is 0 Å². The SMILES string of the molecule is CCC[C@@H]1NC[C@H](C)NC1=O. The standard InChI is InChI=1S/C8H16N2O/c1-3-4-7-8(11)10-6(2)5-9-7/h6-7,9H,3-5H2,1-2H3,(H,10,11)/t6-,7-/m0/s1. The Hall–Kier alpha value is -0.570. The Morgan fingerprint density at radius 2 is 2.36 bits per heavy atom. The molecule has 0 saturated carbocycles. The zero-order valence-electron chi connectivity index (χ0n) is 7.18. The molecule has 1 amide bonds. The van der Waals surface area contributed by atoms with Crippen molar-refractivity contribution < 1.29 is 4.79 Å². The van der Waals surface area contributed by atoms with Gasteiger partial charge in [0.25, 0.3) is 0 Å². The van der Waals surface area contributed by atoms with E-state index in [2.05, 4.69) is 17.6 Å². The van der Waals surface area contributed by atoms with Gasteiger partial charge in [0.15, 0.2) is 0 Å². The third-order valence-corrected chi connectivity index (χ3v) is 1.95. The van der Waals surface area contributed by atoms with E-state index < -0.39 is 0 Å². The van der Waals surface area contributed by atoms with E-state index >= 15 is 0 Å². The molecule has 0 aliphatic carbocycles. The van der Waals surface area contributed by atoms with Crippen LogP contribution < -0.4 is 10.6 Å². The van der Waals surface area contributed by atoms with Crippen molar-refractivity contribution in [2.75, 3.05) is 6.54 Å². The fourth-order valence-electron chi connectivity index (χ4n) is 1.33. The molecule has 0 bridgehead atoms. The Morgan fingerprint density at radius 1 is 1.64 bits per heavy atom. The minimum Gasteiger partial charge on any atom is -0.351 e. The average molecular weight is 156 g/mol. The molecule has 3 nitrogen and oxygen atoms in total. The lowest BCUT2D eigenvalue weighted by atomic mass is 10.1. The largest absolute Gasteiger partial charge is 0.351 e. The fourth-order valence-corrected chi connectivity index (χ4v) is 1.33. The summed E-state index contributed by atoms with van der Waals surface area (Å²) in [6, 6.07) is 0.340. The monoisotopic (exact) mass is 156 g/mol. The van der Waals surface area contributed by atoms with Gasteiger partial charge in [-0.05, 0) is 13.3 Å². The van der Waals surface area contributed by atoms with Gasteiger partial charge in [0, 0.05) is 12.6 Å². The molecule has 11 heavy (non-hydrogen) atoms. The average Bonchev–Trinajstić information content (AvgIpc) is 1.95. The van der Waals surface area contributed by atoms with Crippen molar-refractivity contribution in [1.82, 2.24) is 10.6 Å². The first-order valence-electron chi connectivity index (χ1n) is 4.27. The van der Waals surface area contributed by atoms with Crippen LogP contribution in [-0.4, -0.2) is 24.5 Å². The first-order chi connectivity index (χ1) is 5.24. The molecule has 1 fully saturated rings. The van der Waals surface area contributed by atoms with E-state index in [0.29, 0.717) is 0 Å². The molecular formula is C8H16N2O. The highest BCUT2D eigenvalue weighted by Crippen LogP contribution is 2.01. The number of amides is 1. The van der Waals surface area contributed by atoms with Crippen LogP contribution in [0.4, 0.5) is 0 Å². The maximum Gasteiger partial charge on any atom is 0.237 e. The molecular weight excluding hydrogens is 140 g/mol. The second kappa shape index (κ2) is 3.72. The van der Waals surface area contributed by atoms with Crippen molar-refractivity contribution in [2.45, 2.75) is 38.8 Å². The highest BCUT2D eigenvalue weighted by molar-refractivity contribution is 5.82. The summed E-state index contributed by atoms with van der Waals surface area (Å²) in [5, 5.41) is 6.12. The molecule has 3 heteroatoms. The van der Waals surface area contributed by atoms with Gasteiger partial charge >= 0.3 is 0 Å². The molecule has 0 spiro atoms. The Kier molecular flexibility index (Phi) is 2.88. The summed E-state index contributed by atoms with van der Waals surface area (Å²) in [6.45, 7) is 5.00. The summed E-state index contributed by atoms with van der Waals surface area (Å²) in [6.07, 6.45) is 2.00. The second-order valence-electron chi connectivity index (χ2n) is 3.16. The van der Waals surface area contributed by atoms with E-state index in [9.17, 15) is 4.79 Å². The van der Waals surface area contributed by atoms with Crippen LogP contribution >= 0.6 is 0 Å². The van der Waals surface area contributed by atoms with Gasteiger partial charge in [0.05, 0.1) is 6.04 Å². The van der Waals surface area contributed by atoms with Crippen LogP contribution in [0.5, 0.6) is 0 Å². The van der Waals surface area contributed by atoms with Crippen LogP contribution in [0.1, 0.15) is 26.7 Å². The molecule has 1 aliphatic heterocycles. The lowest BCUT2D eigenvalue weighted by Crippen LogP contribution is -2.57.